The van der Waals surface area contributed by atoms with Crippen LogP contribution in [0.4, 0.5) is 0 Å². The van der Waals surface area contributed by atoms with Crippen LogP contribution in [0, 0.1) is 6.92 Å². The van der Waals surface area contributed by atoms with Crippen LogP contribution in [0.3, 0.4) is 0 Å². The van der Waals surface area contributed by atoms with E-state index in [1.165, 1.54) is 36.9 Å². The maximum Gasteiger partial charge on any atom is 0.191 e. The maximum atomic E-state index is 5.74. The molecule has 0 radical (unpaired) electrons. The van der Waals surface area contributed by atoms with Gasteiger partial charge in [0.1, 0.15) is 5.75 Å². The normalized spacial score (nSPS) is 21.5. The second kappa shape index (κ2) is 13.6. The molecule has 1 aromatic rings. The van der Waals surface area contributed by atoms with Crippen molar-refractivity contribution >= 4 is 29.9 Å². The Morgan fingerprint density at radius 2 is 2.03 bits per heavy atom. The highest BCUT2D eigenvalue weighted by molar-refractivity contribution is 14.0. The highest BCUT2D eigenvalue weighted by Crippen LogP contribution is 2.40. The first kappa shape index (κ1) is 27.2. The van der Waals surface area contributed by atoms with Gasteiger partial charge in [0.25, 0.3) is 0 Å². The van der Waals surface area contributed by atoms with Crippen LogP contribution in [0.2, 0.25) is 0 Å². The fourth-order valence-corrected chi connectivity index (χ4v) is 4.99. The lowest BCUT2D eigenvalue weighted by Crippen LogP contribution is -2.48. The molecule has 2 N–H and O–H groups in total. The quantitative estimate of drug-likeness (QED) is 0.218. The van der Waals surface area contributed by atoms with Gasteiger partial charge in [-0.2, -0.15) is 0 Å². The summed E-state index contributed by atoms with van der Waals surface area (Å²) in [6.45, 7) is 10.2. The third-order valence-corrected chi connectivity index (χ3v) is 7.05. The van der Waals surface area contributed by atoms with E-state index in [1.54, 1.807) is 7.11 Å². The van der Waals surface area contributed by atoms with Gasteiger partial charge < -0.3 is 25.0 Å². The Labute approximate surface area is 211 Å². The summed E-state index contributed by atoms with van der Waals surface area (Å²) >= 11 is 0. The minimum Gasteiger partial charge on any atom is -0.496 e. The van der Waals surface area contributed by atoms with Crippen molar-refractivity contribution < 1.29 is 9.47 Å². The third kappa shape index (κ3) is 7.22. The minimum atomic E-state index is -0.0174. The molecule has 2 aliphatic rings. The number of rotatable bonds is 8. The Bertz CT molecular complexity index is 722. The molecule has 182 valence electrons. The number of likely N-dealkylation sites (tertiary alicyclic amines) is 1. The molecule has 0 aromatic heterocycles. The van der Waals surface area contributed by atoms with Crippen LogP contribution in [0.25, 0.3) is 0 Å². The van der Waals surface area contributed by atoms with Gasteiger partial charge in [-0.05, 0) is 58.6 Å². The van der Waals surface area contributed by atoms with E-state index in [9.17, 15) is 0 Å². The average Bonchev–Trinajstić information content (AvgIpc) is 2.80. The van der Waals surface area contributed by atoms with Gasteiger partial charge >= 0.3 is 0 Å². The van der Waals surface area contributed by atoms with Crippen molar-refractivity contribution in [2.75, 3.05) is 53.6 Å². The van der Waals surface area contributed by atoms with Crippen LogP contribution in [0.5, 0.6) is 5.75 Å². The van der Waals surface area contributed by atoms with E-state index in [0.29, 0.717) is 0 Å². The first-order valence-corrected chi connectivity index (χ1v) is 12.0. The summed E-state index contributed by atoms with van der Waals surface area (Å²) < 4.78 is 11.4. The first-order chi connectivity index (χ1) is 15.1. The number of halogens is 1. The fourth-order valence-electron chi connectivity index (χ4n) is 4.99. The summed E-state index contributed by atoms with van der Waals surface area (Å²) in [6.07, 6.45) is 7.15. The first-order valence-electron chi connectivity index (χ1n) is 12.0. The van der Waals surface area contributed by atoms with Gasteiger partial charge in [-0.15, -0.1) is 24.0 Å². The van der Waals surface area contributed by atoms with Crippen LogP contribution in [-0.2, 0) is 10.2 Å². The molecule has 6 nitrogen and oxygen atoms in total. The van der Waals surface area contributed by atoms with Crippen molar-refractivity contribution in [3.05, 3.63) is 29.3 Å². The Morgan fingerprint density at radius 3 is 2.72 bits per heavy atom. The number of hydrogen-bond donors (Lipinski definition) is 2. The second-order valence-electron chi connectivity index (χ2n) is 9.18. The van der Waals surface area contributed by atoms with Gasteiger partial charge in [0.15, 0.2) is 5.96 Å². The molecule has 0 saturated carbocycles. The van der Waals surface area contributed by atoms with Crippen LogP contribution in [-0.4, -0.2) is 70.5 Å². The minimum absolute atomic E-state index is 0. The molecule has 7 heteroatoms. The Morgan fingerprint density at radius 1 is 1.25 bits per heavy atom. The van der Waals surface area contributed by atoms with E-state index in [-0.39, 0.29) is 29.4 Å². The smallest absolute Gasteiger partial charge is 0.191 e. The molecule has 2 heterocycles. The standard InChI is InChI=1S/C25H42N4O2.HI/c1-20-9-10-23(30-4)22(18-20)25(11-16-31-17-12-25)19-28-24(26-3)27-13-7-15-29-14-6-5-8-21(29)2;/h9-10,18,21H,5-8,11-17,19H2,1-4H3,(H2,26,27,28);1H. The van der Waals surface area contributed by atoms with Crippen molar-refractivity contribution in [3.63, 3.8) is 0 Å². The molecule has 0 bridgehead atoms. The zero-order chi connectivity index (χ0) is 22.1. The van der Waals surface area contributed by atoms with Crippen molar-refractivity contribution in [3.8, 4) is 5.75 Å². The summed E-state index contributed by atoms with van der Waals surface area (Å²) in [6, 6.07) is 7.22. The van der Waals surface area contributed by atoms with Crippen molar-refractivity contribution in [2.24, 2.45) is 4.99 Å². The van der Waals surface area contributed by atoms with E-state index < -0.39 is 0 Å². The molecule has 32 heavy (non-hydrogen) atoms. The molecular formula is C25H43IN4O2. The average molecular weight is 559 g/mol. The lowest BCUT2D eigenvalue weighted by atomic mass is 9.73. The van der Waals surface area contributed by atoms with Gasteiger partial charge in [0.05, 0.1) is 7.11 Å². The molecule has 2 aliphatic heterocycles. The van der Waals surface area contributed by atoms with Crippen molar-refractivity contribution in [1.29, 1.82) is 0 Å². The molecule has 2 fully saturated rings. The third-order valence-electron chi connectivity index (χ3n) is 7.05. The molecule has 0 aliphatic carbocycles. The van der Waals surface area contributed by atoms with Crippen molar-refractivity contribution in [2.45, 2.75) is 63.8 Å². The highest BCUT2D eigenvalue weighted by Gasteiger charge is 2.37. The van der Waals surface area contributed by atoms with Crippen molar-refractivity contribution in [1.82, 2.24) is 15.5 Å². The number of nitrogens with zero attached hydrogens (tertiary/aromatic N) is 2. The van der Waals surface area contributed by atoms with Gasteiger partial charge in [0, 0.05) is 56.9 Å². The number of piperidine rings is 1. The van der Waals surface area contributed by atoms with Gasteiger partial charge in [0.2, 0.25) is 0 Å². The molecule has 3 rings (SSSR count). The monoisotopic (exact) mass is 558 g/mol. The van der Waals surface area contributed by atoms with E-state index in [4.69, 9.17) is 9.47 Å². The molecule has 0 spiro atoms. The lowest BCUT2D eigenvalue weighted by molar-refractivity contribution is 0.0505. The van der Waals surface area contributed by atoms with Crippen LogP contribution in [0.15, 0.2) is 23.2 Å². The molecule has 1 atom stereocenters. The highest BCUT2D eigenvalue weighted by atomic mass is 127. The fraction of sp³-hybridized carbons (Fsp3) is 0.720. The Hall–Kier alpha value is -1.06. The number of ether oxygens (including phenoxy) is 2. The molecular weight excluding hydrogens is 515 g/mol. The zero-order valence-electron chi connectivity index (χ0n) is 20.4. The number of hydrogen-bond acceptors (Lipinski definition) is 4. The molecule has 2 saturated heterocycles. The SMILES string of the molecule is CN=C(NCCCN1CCCCC1C)NCC1(c2cc(C)ccc2OC)CCOCC1.I. The summed E-state index contributed by atoms with van der Waals surface area (Å²) in [5.74, 6) is 1.84. The van der Waals surface area contributed by atoms with Crippen LogP contribution < -0.4 is 15.4 Å². The van der Waals surface area contributed by atoms with Gasteiger partial charge in [-0.3, -0.25) is 4.99 Å². The van der Waals surface area contributed by atoms with E-state index >= 15 is 0 Å². The summed E-state index contributed by atoms with van der Waals surface area (Å²) in [4.78, 5) is 7.10. The van der Waals surface area contributed by atoms with Crippen LogP contribution >= 0.6 is 24.0 Å². The Balaban J connectivity index is 0.00000363. The Kier molecular flexibility index (Phi) is 11.6. The number of methoxy groups -OCH3 is 1. The van der Waals surface area contributed by atoms with Crippen LogP contribution in [0.1, 0.15) is 56.6 Å². The number of aryl methyl sites for hydroxylation is 1. The largest absolute Gasteiger partial charge is 0.496 e. The van der Waals surface area contributed by atoms with E-state index in [1.807, 2.05) is 7.05 Å². The lowest BCUT2D eigenvalue weighted by Gasteiger charge is -2.39. The summed E-state index contributed by atoms with van der Waals surface area (Å²) in [5.41, 5.74) is 2.52. The number of nitrogens with one attached hydrogen (secondary N) is 2. The summed E-state index contributed by atoms with van der Waals surface area (Å²) in [7, 11) is 3.62. The second-order valence-corrected chi connectivity index (χ2v) is 9.18. The molecule has 1 aromatic carbocycles. The molecule has 0 amide bonds. The number of benzene rings is 1. The van der Waals surface area contributed by atoms with Gasteiger partial charge in [-0.1, -0.05) is 24.1 Å². The number of guanidine groups is 1. The maximum absolute atomic E-state index is 5.74. The summed E-state index contributed by atoms with van der Waals surface area (Å²) in [5, 5.41) is 7.13. The predicted octanol–water partition coefficient (Wildman–Crippen LogP) is 4.10. The predicted molar refractivity (Wildman–Crippen MR) is 144 cm³/mol. The molecule has 1 unspecified atom stereocenters. The zero-order valence-corrected chi connectivity index (χ0v) is 22.7. The van der Waals surface area contributed by atoms with E-state index in [0.717, 1.165) is 69.9 Å². The number of aliphatic imine (C=N–C) groups is 1. The van der Waals surface area contributed by atoms with Gasteiger partial charge in [-0.25, -0.2) is 0 Å². The van der Waals surface area contributed by atoms with E-state index in [2.05, 4.69) is 52.6 Å². The topological polar surface area (TPSA) is 58.1 Å².